The molecular formula is C25H21N3O5. The largest absolute Gasteiger partial charge is 0.493 e. The number of nitro benzene ring substituents is 1. The summed E-state index contributed by atoms with van der Waals surface area (Å²) in [6.07, 6.45) is 0. The van der Waals surface area contributed by atoms with Gasteiger partial charge in [0.25, 0.3) is 11.6 Å². The second-order valence-electron chi connectivity index (χ2n) is 7.35. The number of rotatable bonds is 6. The Morgan fingerprint density at radius 2 is 1.73 bits per heavy atom. The maximum absolute atomic E-state index is 13.3. The number of carbonyl (C=O) groups is 1. The Morgan fingerprint density at radius 1 is 0.970 bits per heavy atom. The van der Waals surface area contributed by atoms with Crippen LogP contribution in [0, 0.1) is 17.0 Å². The first-order chi connectivity index (χ1) is 15.9. The van der Waals surface area contributed by atoms with Crippen molar-refractivity contribution in [3.8, 4) is 22.8 Å². The molecule has 33 heavy (non-hydrogen) atoms. The summed E-state index contributed by atoms with van der Waals surface area (Å²) in [5, 5.41) is 14.6. The molecule has 0 bridgehead atoms. The standard InChI is InChI=1S/C25H21N3O5/c1-15-12-17(28(30)31)9-10-20(15)27-25(29)19-14-22(26-21-7-5-4-6-18(19)21)16-8-11-23(32-2)24(13-16)33-3/h4-14H,1-3H3,(H,27,29). The van der Waals surface area contributed by atoms with E-state index in [1.807, 2.05) is 30.3 Å². The van der Waals surface area contributed by atoms with Gasteiger partial charge in [0.15, 0.2) is 11.5 Å². The van der Waals surface area contributed by atoms with Crippen LogP contribution in [0.1, 0.15) is 15.9 Å². The van der Waals surface area contributed by atoms with Gasteiger partial charge in [-0.05, 0) is 48.9 Å². The predicted molar refractivity (Wildman–Crippen MR) is 126 cm³/mol. The average Bonchev–Trinajstić information content (AvgIpc) is 2.83. The van der Waals surface area contributed by atoms with Crippen LogP contribution in [-0.4, -0.2) is 30.0 Å². The third-order valence-corrected chi connectivity index (χ3v) is 5.31. The molecule has 166 valence electrons. The number of pyridine rings is 1. The zero-order chi connectivity index (χ0) is 23.5. The molecule has 0 aliphatic heterocycles. The quantitative estimate of drug-likeness (QED) is 0.317. The topological polar surface area (TPSA) is 104 Å². The number of benzene rings is 3. The van der Waals surface area contributed by atoms with Crippen molar-refractivity contribution in [2.75, 3.05) is 19.5 Å². The fourth-order valence-corrected chi connectivity index (χ4v) is 3.60. The van der Waals surface area contributed by atoms with E-state index in [1.165, 1.54) is 18.2 Å². The van der Waals surface area contributed by atoms with Crippen LogP contribution in [0.5, 0.6) is 11.5 Å². The van der Waals surface area contributed by atoms with E-state index in [-0.39, 0.29) is 11.6 Å². The predicted octanol–water partition coefficient (Wildman–Crippen LogP) is 5.39. The first-order valence-electron chi connectivity index (χ1n) is 10.1. The molecule has 0 saturated carbocycles. The summed E-state index contributed by atoms with van der Waals surface area (Å²) < 4.78 is 10.7. The molecule has 3 aromatic carbocycles. The fourth-order valence-electron chi connectivity index (χ4n) is 3.60. The molecule has 8 nitrogen and oxygen atoms in total. The van der Waals surface area contributed by atoms with E-state index >= 15 is 0 Å². The number of hydrogen-bond donors (Lipinski definition) is 1. The van der Waals surface area contributed by atoms with Gasteiger partial charge in [-0.1, -0.05) is 18.2 Å². The lowest BCUT2D eigenvalue weighted by Gasteiger charge is -2.13. The molecule has 0 saturated heterocycles. The second-order valence-corrected chi connectivity index (χ2v) is 7.35. The van der Waals surface area contributed by atoms with E-state index in [0.717, 1.165) is 5.56 Å². The average molecular weight is 443 g/mol. The molecule has 4 rings (SSSR count). The van der Waals surface area contributed by atoms with Crippen LogP contribution in [0.2, 0.25) is 0 Å². The van der Waals surface area contributed by atoms with Crippen LogP contribution in [0.15, 0.2) is 66.7 Å². The molecule has 1 aromatic heterocycles. The van der Waals surface area contributed by atoms with Gasteiger partial charge in [-0.3, -0.25) is 14.9 Å². The van der Waals surface area contributed by atoms with E-state index in [9.17, 15) is 14.9 Å². The lowest BCUT2D eigenvalue weighted by atomic mass is 10.0. The number of aryl methyl sites for hydroxylation is 1. The van der Waals surface area contributed by atoms with Gasteiger partial charge in [0, 0.05) is 28.8 Å². The lowest BCUT2D eigenvalue weighted by molar-refractivity contribution is -0.384. The number of nitro groups is 1. The number of nitrogens with one attached hydrogen (secondary N) is 1. The number of nitrogens with zero attached hydrogens (tertiary/aromatic N) is 2. The summed E-state index contributed by atoms with van der Waals surface area (Å²) in [7, 11) is 3.12. The highest BCUT2D eigenvalue weighted by molar-refractivity contribution is 6.13. The number of anilines is 1. The smallest absolute Gasteiger partial charge is 0.269 e. The van der Waals surface area contributed by atoms with Crippen LogP contribution >= 0.6 is 0 Å². The Morgan fingerprint density at radius 3 is 2.42 bits per heavy atom. The number of hydrogen-bond acceptors (Lipinski definition) is 6. The molecule has 4 aromatic rings. The van der Waals surface area contributed by atoms with Crippen molar-refractivity contribution in [1.82, 2.24) is 4.98 Å². The first-order valence-corrected chi connectivity index (χ1v) is 10.1. The van der Waals surface area contributed by atoms with Crippen molar-refractivity contribution >= 4 is 28.2 Å². The summed E-state index contributed by atoms with van der Waals surface area (Å²) in [5.74, 6) is 0.804. The maximum Gasteiger partial charge on any atom is 0.269 e. The van der Waals surface area contributed by atoms with E-state index in [4.69, 9.17) is 14.5 Å². The van der Waals surface area contributed by atoms with Crippen LogP contribution < -0.4 is 14.8 Å². The Labute approximate surface area is 189 Å². The molecule has 1 amide bonds. The summed E-state index contributed by atoms with van der Waals surface area (Å²) in [6.45, 7) is 1.71. The lowest BCUT2D eigenvalue weighted by Crippen LogP contribution is -2.14. The Bertz CT molecular complexity index is 1380. The van der Waals surface area contributed by atoms with Crippen molar-refractivity contribution in [3.63, 3.8) is 0 Å². The van der Waals surface area contributed by atoms with Crippen molar-refractivity contribution in [3.05, 3.63) is 88.0 Å². The highest BCUT2D eigenvalue weighted by Gasteiger charge is 2.17. The Kier molecular flexibility index (Phi) is 5.91. The van der Waals surface area contributed by atoms with E-state index < -0.39 is 4.92 Å². The SMILES string of the molecule is COc1ccc(-c2cc(C(=O)Nc3ccc([N+](=O)[O-])cc3C)c3ccccc3n2)cc1OC. The van der Waals surface area contributed by atoms with Gasteiger partial charge in [-0.25, -0.2) is 4.98 Å². The van der Waals surface area contributed by atoms with Gasteiger partial charge < -0.3 is 14.8 Å². The number of carbonyl (C=O) groups excluding carboxylic acids is 1. The minimum Gasteiger partial charge on any atom is -0.493 e. The molecule has 0 aliphatic carbocycles. The van der Waals surface area contributed by atoms with Gasteiger partial charge >= 0.3 is 0 Å². The number of methoxy groups -OCH3 is 2. The van der Waals surface area contributed by atoms with Crippen molar-refractivity contribution in [2.24, 2.45) is 0 Å². The van der Waals surface area contributed by atoms with E-state index in [0.29, 0.717) is 44.9 Å². The molecule has 0 aliphatic rings. The van der Waals surface area contributed by atoms with E-state index in [1.54, 1.807) is 39.3 Å². The minimum absolute atomic E-state index is 0.0319. The molecule has 1 heterocycles. The van der Waals surface area contributed by atoms with Gasteiger partial charge in [0.1, 0.15) is 0 Å². The van der Waals surface area contributed by atoms with Gasteiger partial charge in [0.2, 0.25) is 0 Å². The van der Waals surface area contributed by atoms with Crippen molar-refractivity contribution in [2.45, 2.75) is 6.92 Å². The van der Waals surface area contributed by atoms with Gasteiger partial charge in [0.05, 0.1) is 35.9 Å². The molecule has 0 fully saturated rings. The maximum atomic E-state index is 13.3. The van der Waals surface area contributed by atoms with Gasteiger partial charge in [-0.15, -0.1) is 0 Å². The number of aromatic nitrogens is 1. The summed E-state index contributed by atoms with van der Waals surface area (Å²) >= 11 is 0. The number of non-ortho nitro benzene ring substituents is 1. The number of fused-ring (bicyclic) bond motifs is 1. The molecule has 1 N–H and O–H groups in total. The summed E-state index contributed by atoms with van der Waals surface area (Å²) in [4.78, 5) is 28.6. The monoisotopic (exact) mass is 443 g/mol. The molecule has 0 unspecified atom stereocenters. The highest BCUT2D eigenvalue weighted by Crippen LogP contribution is 2.33. The molecular weight excluding hydrogens is 422 g/mol. The van der Waals surface area contributed by atoms with Crippen LogP contribution in [0.3, 0.4) is 0 Å². The summed E-state index contributed by atoms with van der Waals surface area (Å²) in [6, 6.07) is 18.8. The Hall–Kier alpha value is -4.46. The molecule has 0 radical (unpaired) electrons. The number of para-hydroxylation sites is 1. The minimum atomic E-state index is -0.468. The van der Waals surface area contributed by atoms with Crippen LogP contribution in [0.4, 0.5) is 11.4 Å². The van der Waals surface area contributed by atoms with Crippen molar-refractivity contribution in [1.29, 1.82) is 0 Å². The highest BCUT2D eigenvalue weighted by atomic mass is 16.6. The summed E-state index contributed by atoms with van der Waals surface area (Å²) in [5.41, 5.74) is 3.52. The normalized spacial score (nSPS) is 10.6. The first kappa shape index (κ1) is 21.8. The van der Waals surface area contributed by atoms with E-state index in [2.05, 4.69) is 5.32 Å². The fraction of sp³-hybridized carbons (Fsp3) is 0.120. The number of ether oxygens (including phenoxy) is 2. The third kappa shape index (κ3) is 4.31. The zero-order valence-corrected chi connectivity index (χ0v) is 18.3. The molecule has 0 spiro atoms. The van der Waals surface area contributed by atoms with Crippen LogP contribution in [-0.2, 0) is 0 Å². The molecule has 0 atom stereocenters. The Balaban J connectivity index is 1.78. The van der Waals surface area contributed by atoms with Crippen LogP contribution in [0.25, 0.3) is 22.2 Å². The third-order valence-electron chi connectivity index (χ3n) is 5.31. The van der Waals surface area contributed by atoms with Gasteiger partial charge in [-0.2, -0.15) is 0 Å². The molecule has 8 heteroatoms. The van der Waals surface area contributed by atoms with Crippen molar-refractivity contribution < 1.29 is 19.2 Å². The number of amides is 1. The second kappa shape index (κ2) is 8.96. The zero-order valence-electron chi connectivity index (χ0n) is 18.3.